The maximum Gasteiger partial charge on any atom is 0.0277 e. The van der Waals surface area contributed by atoms with Crippen molar-refractivity contribution in [3.8, 4) is 12.5 Å². The lowest BCUT2D eigenvalue weighted by molar-refractivity contribution is 1.11. The lowest BCUT2D eigenvalue weighted by Crippen LogP contribution is -2.00. The molecule has 0 aliphatic carbocycles. The Balaban J connectivity index is 3.72. The number of hydrogen-bond acceptors (Lipinski definition) is 2. The van der Waals surface area contributed by atoms with E-state index in [0.717, 1.165) is 5.70 Å². The first-order valence-electron chi connectivity index (χ1n) is 2.62. The minimum absolute atomic E-state index is 0.920. The van der Waals surface area contributed by atoms with E-state index in [1.165, 1.54) is 0 Å². The van der Waals surface area contributed by atoms with Gasteiger partial charge < -0.3 is 5.32 Å². The van der Waals surface area contributed by atoms with Gasteiger partial charge in [-0.1, -0.05) is 6.42 Å². The van der Waals surface area contributed by atoms with Crippen molar-refractivity contribution in [3.63, 3.8) is 0 Å². The minimum Gasteiger partial charge on any atom is -0.319 e. The Labute approximate surface area is 55.7 Å². The molecule has 0 rings (SSSR count). The molecule has 0 unspecified atom stereocenters. The average Bonchev–Trinajstić information content (AvgIpc) is 1.85. The third-order valence-electron chi connectivity index (χ3n) is 0.743. The van der Waals surface area contributed by atoms with Crippen LogP contribution in [-0.4, -0.2) is 13.3 Å². The summed E-state index contributed by atoms with van der Waals surface area (Å²) in [6.07, 6.45) is 8.44. The van der Waals surface area contributed by atoms with Gasteiger partial charge in [-0.3, -0.25) is 4.99 Å². The van der Waals surface area contributed by atoms with Crippen LogP contribution in [0.5, 0.6) is 0 Å². The zero-order valence-corrected chi connectivity index (χ0v) is 5.68. The van der Waals surface area contributed by atoms with Gasteiger partial charge in [0.15, 0.2) is 0 Å². The molecule has 0 aromatic heterocycles. The normalized spacial score (nSPS) is 11.4. The van der Waals surface area contributed by atoms with Crippen molar-refractivity contribution in [3.05, 3.63) is 11.8 Å². The molecule has 48 valence electrons. The minimum atomic E-state index is 0.920. The molecule has 0 aliphatic heterocycles. The van der Waals surface area contributed by atoms with Gasteiger partial charge in [0.2, 0.25) is 0 Å². The molecule has 0 fully saturated rings. The maximum atomic E-state index is 4.95. The van der Waals surface area contributed by atoms with Gasteiger partial charge in [0.05, 0.1) is 0 Å². The summed E-state index contributed by atoms with van der Waals surface area (Å²) < 4.78 is 0. The lowest BCUT2D eigenvalue weighted by Gasteiger charge is -1.91. The predicted molar refractivity (Wildman–Crippen MR) is 40.1 cm³/mol. The van der Waals surface area contributed by atoms with Gasteiger partial charge in [-0.15, -0.1) is 0 Å². The molecule has 0 bridgehead atoms. The highest BCUT2D eigenvalue weighted by Crippen LogP contribution is 1.79. The van der Waals surface area contributed by atoms with Crippen molar-refractivity contribution >= 4 is 6.21 Å². The Morgan fingerprint density at radius 2 is 2.44 bits per heavy atom. The van der Waals surface area contributed by atoms with Gasteiger partial charge in [-0.05, 0) is 13.0 Å². The predicted octanol–water partition coefficient (Wildman–Crippen LogP) is 0.771. The molecule has 0 aliphatic rings. The Bertz CT molecular complexity index is 160. The van der Waals surface area contributed by atoms with Crippen molar-refractivity contribution in [2.24, 2.45) is 4.99 Å². The van der Waals surface area contributed by atoms with Gasteiger partial charge in [0, 0.05) is 25.0 Å². The van der Waals surface area contributed by atoms with Crippen LogP contribution in [0.4, 0.5) is 0 Å². The molecule has 0 atom stereocenters. The number of aliphatic imine (C=N–C) groups is 1. The third kappa shape index (κ3) is 4.63. The smallest absolute Gasteiger partial charge is 0.0277 e. The molecular weight excluding hydrogens is 112 g/mol. The molecule has 0 radical (unpaired) electrons. The Kier molecular flexibility index (Phi) is 4.25. The summed E-state index contributed by atoms with van der Waals surface area (Å²) in [5.74, 6) is 0. The fourth-order valence-corrected chi connectivity index (χ4v) is 0.342. The van der Waals surface area contributed by atoms with Crippen LogP contribution < -0.4 is 5.32 Å². The zero-order chi connectivity index (χ0) is 7.11. The van der Waals surface area contributed by atoms with Crippen LogP contribution in [0, 0.1) is 12.5 Å². The number of terminal acetylenes is 1. The van der Waals surface area contributed by atoms with Crippen molar-refractivity contribution in [1.82, 2.24) is 5.32 Å². The summed E-state index contributed by atoms with van der Waals surface area (Å²) in [6.45, 7) is 1.88. The topological polar surface area (TPSA) is 24.4 Å². The molecule has 9 heavy (non-hydrogen) atoms. The van der Waals surface area contributed by atoms with Crippen LogP contribution in [0.15, 0.2) is 16.8 Å². The summed E-state index contributed by atoms with van der Waals surface area (Å²) >= 11 is 0. The van der Waals surface area contributed by atoms with Crippen LogP contribution in [-0.2, 0) is 0 Å². The van der Waals surface area contributed by atoms with Crippen LogP contribution in [0.2, 0.25) is 0 Å². The van der Waals surface area contributed by atoms with E-state index in [-0.39, 0.29) is 0 Å². The fraction of sp³-hybridized carbons (Fsp3) is 0.286. The number of nitrogens with zero attached hydrogens (tertiary/aromatic N) is 1. The molecule has 2 heteroatoms. The first-order chi connectivity index (χ1) is 4.31. The van der Waals surface area contributed by atoms with Crippen LogP contribution in [0.3, 0.4) is 0 Å². The molecule has 0 aromatic rings. The molecule has 0 amide bonds. The van der Waals surface area contributed by atoms with Crippen molar-refractivity contribution in [2.45, 2.75) is 6.92 Å². The second-order valence-corrected chi connectivity index (χ2v) is 1.53. The van der Waals surface area contributed by atoms with Gasteiger partial charge >= 0.3 is 0 Å². The number of hydrogen-bond donors (Lipinski definition) is 1. The van der Waals surface area contributed by atoms with Crippen LogP contribution >= 0.6 is 0 Å². The van der Waals surface area contributed by atoms with Gasteiger partial charge in [-0.2, -0.15) is 0 Å². The van der Waals surface area contributed by atoms with Crippen molar-refractivity contribution < 1.29 is 0 Å². The summed E-state index contributed by atoms with van der Waals surface area (Å²) in [6, 6.07) is 2.30. The highest BCUT2D eigenvalue weighted by atomic mass is 14.8. The highest BCUT2D eigenvalue weighted by Gasteiger charge is 1.76. The molecular formula is C7H10N2. The SMILES string of the molecule is C#CN/C(C)=C\C=NC. The molecule has 0 aromatic carbocycles. The quantitative estimate of drug-likeness (QED) is 0.326. The van der Waals surface area contributed by atoms with E-state index in [2.05, 4.69) is 16.4 Å². The first-order valence-corrected chi connectivity index (χ1v) is 2.62. The molecule has 0 saturated heterocycles. The van der Waals surface area contributed by atoms with E-state index in [4.69, 9.17) is 6.42 Å². The van der Waals surface area contributed by atoms with Crippen molar-refractivity contribution in [2.75, 3.05) is 7.05 Å². The van der Waals surface area contributed by atoms with Crippen LogP contribution in [0.25, 0.3) is 0 Å². The average molecular weight is 122 g/mol. The van der Waals surface area contributed by atoms with Gasteiger partial charge in [0.25, 0.3) is 0 Å². The summed E-state index contributed by atoms with van der Waals surface area (Å²) in [7, 11) is 1.71. The van der Waals surface area contributed by atoms with E-state index < -0.39 is 0 Å². The van der Waals surface area contributed by atoms with Gasteiger partial charge in [-0.25, -0.2) is 0 Å². The largest absolute Gasteiger partial charge is 0.319 e. The van der Waals surface area contributed by atoms with E-state index in [9.17, 15) is 0 Å². The summed E-state index contributed by atoms with van der Waals surface area (Å²) in [5.41, 5.74) is 0.920. The Morgan fingerprint density at radius 3 is 2.89 bits per heavy atom. The van der Waals surface area contributed by atoms with E-state index >= 15 is 0 Å². The molecule has 2 nitrogen and oxygen atoms in total. The Hall–Kier alpha value is -1.23. The molecule has 0 saturated carbocycles. The number of rotatable bonds is 2. The zero-order valence-electron chi connectivity index (χ0n) is 5.68. The molecule has 0 heterocycles. The van der Waals surface area contributed by atoms with E-state index in [1.807, 2.05) is 6.92 Å². The number of nitrogens with one attached hydrogen (secondary N) is 1. The lowest BCUT2D eigenvalue weighted by atomic mass is 10.4. The summed E-state index contributed by atoms with van der Waals surface area (Å²) in [4.78, 5) is 3.75. The third-order valence-corrected chi connectivity index (χ3v) is 0.743. The monoisotopic (exact) mass is 122 g/mol. The standard InChI is InChI=1S/C7H10N2/c1-4-9-7(2)5-6-8-3/h1,5-6,9H,2-3H3/b7-5-,8-6?. The first kappa shape index (κ1) is 7.77. The summed E-state index contributed by atoms with van der Waals surface area (Å²) in [5, 5.41) is 2.68. The van der Waals surface area contributed by atoms with Crippen molar-refractivity contribution in [1.29, 1.82) is 0 Å². The van der Waals surface area contributed by atoms with Gasteiger partial charge in [0.1, 0.15) is 0 Å². The second-order valence-electron chi connectivity index (χ2n) is 1.53. The Morgan fingerprint density at radius 1 is 1.78 bits per heavy atom. The van der Waals surface area contributed by atoms with E-state index in [1.54, 1.807) is 19.3 Å². The second kappa shape index (κ2) is 4.92. The van der Waals surface area contributed by atoms with E-state index in [0.29, 0.717) is 0 Å². The molecule has 1 N–H and O–H groups in total. The van der Waals surface area contributed by atoms with Crippen LogP contribution in [0.1, 0.15) is 6.92 Å². The maximum absolute atomic E-state index is 4.95. The fourth-order valence-electron chi connectivity index (χ4n) is 0.342. The molecule has 0 spiro atoms. The highest BCUT2D eigenvalue weighted by molar-refractivity contribution is 5.71. The number of allylic oxidation sites excluding steroid dienone is 2.